The number of hydrogen-bond donors (Lipinski definition) is 2. The van der Waals surface area contributed by atoms with Crippen LogP contribution in [0, 0.1) is 3.57 Å². The number of benzene rings is 1. The maximum atomic E-state index is 12.4. The van der Waals surface area contributed by atoms with Crippen molar-refractivity contribution >= 4 is 43.6 Å². The van der Waals surface area contributed by atoms with Crippen molar-refractivity contribution in [2.24, 2.45) is 0 Å². The SMILES string of the molecule is O=c1[nH]c(O)cn1S(=O)(=O)c1oc2ccccc2c1I. The molecular formula is C11H7IN2O5S. The topological polar surface area (TPSA) is 105 Å². The van der Waals surface area contributed by atoms with Gasteiger partial charge in [-0.25, -0.2) is 4.79 Å². The van der Waals surface area contributed by atoms with Crippen molar-refractivity contribution in [3.05, 3.63) is 44.5 Å². The fraction of sp³-hybridized carbons (Fsp3) is 0. The lowest BCUT2D eigenvalue weighted by molar-refractivity contribution is 0.455. The number of para-hydroxylation sites is 1. The van der Waals surface area contributed by atoms with Crippen molar-refractivity contribution in [2.75, 3.05) is 0 Å². The third kappa shape index (κ3) is 1.85. The number of rotatable bonds is 2. The minimum atomic E-state index is -4.20. The van der Waals surface area contributed by atoms with E-state index in [-0.39, 0.29) is 5.09 Å². The third-order valence-electron chi connectivity index (χ3n) is 2.67. The molecule has 0 unspecified atom stereocenters. The average Bonchev–Trinajstić information content (AvgIpc) is 2.91. The van der Waals surface area contributed by atoms with Crippen LogP contribution in [0.4, 0.5) is 0 Å². The number of aromatic hydroxyl groups is 1. The Labute approximate surface area is 126 Å². The number of aromatic nitrogens is 2. The number of aromatic amines is 1. The Kier molecular flexibility index (Phi) is 2.90. The first-order valence-corrected chi connectivity index (χ1v) is 7.86. The van der Waals surface area contributed by atoms with Crippen molar-refractivity contribution in [2.45, 2.75) is 5.09 Å². The van der Waals surface area contributed by atoms with Crippen LogP contribution in [-0.2, 0) is 10.0 Å². The average molecular weight is 406 g/mol. The van der Waals surface area contributed by atoms with Gasteiger partial charge in [0.1, 0.15) is 5.58 Å². The minimum Gasteiger partial charge on any atom is -0.493 e. The number of H-pyrrole nitrogens is 1. The van der Waals surface area contributed by atoms with E-state index < -0.39 is 21.6 Å². The second-order valence-electron chi connectivity index (χ2n) is 3.95. The predicted octanol–water partition coefficient (Wildman–Crippen LogP) is 1.47. The number of imidazole rings is 1. The molecule has 2 N–H and O–H groups in total. The van der Waals surface area contributed by atoms with Crippen LogP contribution in [0.15, 0.2) is 44.8 Å². The molecule has 0 aliphatic rings. The molecule has 3 rings (SSSR count). The Hall–Kier alpha value is -1.75. The third-order valence-corrected chi connectivity index (χ3v) is 5.66. The first-order chi connectivity index (χ1) is 9.41. The number of fused-ring (bicyclic) bond motifs is 1. The quantitative estimate of drug-likeness (QED) is 0.628. The van der Waals surface area contributed by atoms with E-state index in [1.54, 1.807) is 24.3 Å². The highest BCUT2D eigenvalue weighted by Gasteiger charge is 2.28. The number of nitrogens with zero attached hydrogens (tertiary/aromatic N) is 1. The van der Waals surface area contributed by atoms with E-state index in [9.17, 15) is 18.3 Å². The molecule has 0 fully saturated rings. The van der Waals surface area contributed by atoms with Crippen molar-refractivity contribution in [3.63, 3.8) is 0 Å². The zero-order valence-corrected chi connectivity index (χ0v) is 12.7. The van der Waals surface area contributed by atoms with Gasteiger partial charge >= 0.3 is 15.7 Å². The van der Waals surface area contributed by atoms with Crippen LogP contribution in [0.25, 0.3) is 11.0 Å². The summed E-state index contributed by atoms with van der Waals surface area (Å²) in [7, 11) is -4.20. The highest BCUT2D eigenvalue weighted by Crippen LogP contribution is 2.31. The highest BCUT2D eigenvalue weighted by molar-refractivity contribution is 14.1. The van der Waals surface area contributed by atoms with Crippen molar-refractivity contribution in [3.8, 4) is 5.88 Å². The summed E-state index contributed by atoms with van der Waals surface area (Å²) in [5, 5.41) is 9.49. The van der Waals surface area contributed by atoms with Gasteiger partial charge < -0.3 is 9.52 Å². The molecule has 7 nitrogen and oxygen atoms in total. The molecule has 1 aromatic carbocycles. The molecule has 0 spiro atoms. The zero-order valence-electron chi connectivity index (χ0n) is 9.70. The number of halogens is 1. The van der Waals surface area contributed by atoms with Crippen LogP contribution in [-0.4, -0.2) is 22.5 Å². The lowest BCUT2D eigenvalue weighted by Gasteiger charge is -2.00. The Morgan fingerprint density at radius 1 is 1.30 bits per heavy atom. The summed E-state index contributed by atoms with van der Waals surface area (Å²) in [6.45, 7) is 0. The summed E-state index contributed by atoms with van der Waals surface area (Å²) >= 11 is 1.84. The van der Waals surface area contributed by atoms with Crippen LogP contribution < -0.4 is 5.69 Å². The Bertz CT molecular complexity index is 966. The molecule has 104 valence electrons. The number of furan rings is 1. The molecule has 0 atom stereocenters. The van der Waals surface area contributed by atoms with E-state index in [0.717, 1.165) is 6.20 Å². The fourth-order valence-corrected chi connectivity index (χ4v) is 4.40. The molecule has 2 heterocycles. The van der Waals surface area contributed by atoms with Crippen LogP contribution in [0.5, 0.6) is 5.88 Å². The summed E-state index contributed by atoms with van der Waals surface area (Å²) in [6.07, 6.45) is 0.793. The zero-order chi connectivity index (χ0) is 14.5. The number of nitrogens with one attached hydrogen (secondary N) is 1. The van der Waals surface area contributed by atoms with Gasteiger partial charge in [0.2, 0.25) is 5.88 Å². The standard InChI is InChI=1S/C11H7IN2O5S/c12-9-6-3-1-2-4-7(6)19-10(9)20(17,18)14-5-8(15)13-11(14)16/h1-5,15H,(H,13,16). The van der Waals surface area contributed by atoms with Gasteiger partial charge in [-0.3, -0.25) is 4.98 Å². The van der Waals surface area contributed by atoms with Crippen LogP contribution >= 0.6 is 22.6 Å². The van der Waals surface area contributed by atoms with Gasteiger partial charge in [0.15, 0.2) is 0 Å². The van der Waals surface area contributed by atoms with Crippen LogP contribution in [0.1, 0.15) is 0 Å². The Morgan fingerprint density at radius 2 is 2.00 bits per heavy atom. The molecule has 0 aliphatic carbocycles. The maximum absolute atomic E-state index is 12.4. The van der Waals surface area contributed by atoms with Gasteiger partial charge in [-0.05, 0) is 34.7 Å². The fourth-order valence-electron chi connectivity index (χ4n) is 1.79. The summed E-state index contributed by atoms with van der Waals surface area (Å²) in [6, 6.07) is 6.82. The second-order valence-corrected chi connectivity index (χ2v) is 6.74. The summed E-state index contributed by atoms with van der Waals surface area (Å²) in [5.74, 6) is -0.537. The van der Waals surface area contributed by atoms with E-state index in [2.05, 4.69) is 0 Å². The smallest absolute Gasteiger partial charge is 0.342 e. The number of hydrogen-bond acceptors (Lipinski definition) is 5. The predicted molar refractivity (Wildman–Crippen MR) is 78.2 cm³/mol. The van der Waals surface area contributed by atoms with Crippen molar-refractivity contribution in [1.82, 2.24) is 8.96 Å². The normalized spacial score (nSPS) is 12.1. The summed E-state index contributed by atoms with van der Waals surface area (Å²) < 4.78 is 30.9. The maximum Gasteiger partial charge on any atom is 0.342 e. The van der Waals surface area contributed by atoms with Gasteiger partial charge in [-0.15, -0.1) is 0 Å². The summed E-state index contributed by atoms with van der Waals surface area (Å²) in [5.41, 5.74) is -0.554. The molecule has 0 bridgehead atoms. The molecule has 0 aliphatic heterocycles. The van der Waals surface area contributed by atoms with E-state index in [0.29, 0.717) is 18.5 Å². The summed E-state index contributed by atoms with van der Waals surface area (Å²) in [4.78, 5) is 13.5. The second kappa shape index (κ2) is 4.38. The van der Waals surface area contributed by atoms with E-state index in [4.69, 9.17) is 4.42 Å². The monoisotopic (exact) mass is 406 g/mol. The molecule has 0 saturated heterocycles. The minimum absolute atomic E-state index is 0.333. The van der Waals surface area contributed by atoms with Gasteiger partial charge in [-0.2, -0.15) is 12.4 Å². The first-order valence-electron chi connectivity index (χ1n) is 5.34. The van der Waals surface area contributed by atoms with Gasteiger partial charge in [0.25, 0.3) is 5.09 Å². The molecule has 0 amide bonds. The Balaban J connectivity index is 2.32. The van der Waals surface area contributed by atoms with Gasteiger partial charge in [0.05, 0.1) is 9.77 Å². The van der Waals surface area contributed by atoms with Crippen molar-refractivity contribution < 1.29 is 17.9 Å². The molecule has 9 heteroatoms. The van der Waals surface area contributed by atoms with Crippen molar-refractivity contribution in [1.29, 1.82) is 0 Å². The van der Waals surface area contributed by atoms with Crippen LogP contribution in [0.2, 0.25) is 0 Å². The molecule has 3 aromatic rings. The molecular weight excluding hydrogens is 399 g/mol. The highest BCUT2D eigenvalue weighted by atomic mass is 127. The molecule has 0 radical (unpaired) electrons. The molecule has 20 heavy (non-hydrogen) atoms. The van der Waals surface area contributed by atoms with E-state index in [1.165, 1.54) is 0 Å². The largest absolute Gasteiger partial charge is 0.493 e. The first kappa shape index (κ1) is 13.2. The van der Waals surface area contributed by atoms with E-state index >= 15 is 0 Å². The molecule has 2 aromatic heterocycles. The lowest BCUT2D eigenvalue weighted by Crippen LogP contribution is -2.24. The van der Waals surface area contributed by atoms with Crippen LogP contribution in [0.3, 0.4) is 0 Å². The van der Waals surface area contributed by atoms with Gasteiger partial charge in [-0.1, -0.05) is 12.1 Å². The Morgan fingerprint density at radius 3 is 2.60 bits per heavy atom. The lowest BCUT2D eigenvalue weighted by atomic mass is 10.3. The van der Waals surface area contributed by atoms with Gasteiger partial charge in [0, 0.05) is 5.39 Å². The molecule has 0 saturated carbocycles. The van der Waals surface area contributed by atoms with E-state index in [1.807, 2.05) is 27.6 Å².